The van der Waals surface area contributed by atoms with E-state index in [0.717, 1.165) is 37.2 Å². The fraction of sp³-hybridized carbons (Fsp3) is 0.368. The van der Waals surface area contributed by atoms with Gasteiger partial charge in [-0.25, -0.2) is 14.1 Å². The minimum Gasteiger partial charge on any atom is -0.323 e. The monoisotopic (exact) mass is 384 g/mol. The molecule has 0 radical (unpaired) electrons. The molecule has 0 saturated carbocycles. The summed E-state index contributed by atoms with van der Waals surface area (Å²) in [5.41, 5.74) is -0.930. The second-order valence-electron chi connectivity index (χ2n) is 7.10. The summed E-state index contributed by atoms with van der Waals surface area (Å²) in [6.07, 6.45) is 7.10. The van der Waals surface area contributed by atoms with E-state index in [0.29, 0.717) is 6.54 Å². The van der Waals surface area contributed by atoms with Crippen LogP contribution in [0.15, 0.2) is 31.2 Å². The number of pyridine rings is 1. The Balaban J connectivity index is 1.89. The number of aromatic nitrogens is 3. The van der Waals surface area contributed by atoms with Gasteiger partial charge in [0.2, 0.25) is 0 Å². The van der Waals surface area contributed by atoms with Crippen molar-refractivity contribution in [2.75, 3.05) is 13.1 Å². The minimum absolute atomic E-state index is 0.00503. The van der Waals surface area contributed by atoms with Crippen molar-refractivity contribution >= 4 is 11.7 Å². The number of nitrogens with one attached hydrogen (secondary N) is 3. The van der Waals surface area contributed by atoms with Crippen molar-refractivity contribution in [2.45, 2.75) is 31.5 Å². The summed E-state index contributed by atoms with van der Waals surface area (Å²) in [4.78, 5) is 29.9. The second-order valence-corrected chi connectivity index (χ2v) is 7.10. The molecule has 9 heteroatoms. The van der Waals surface area contributed by atoms with Gasteiger partial charge in [-0.05, 0) is 37.9 Å². The second kappa shape index (κ2) is 6.92. The maximum absolute atomic E-state index is 15.0. The molecule has 2 aliphatic heterocycles. The standard InChI is InChI=1S/C19H21FN6O2/c1-3-14(27)19(24-12-5-4-6-21-8-12)16-13(20)9-22-17(15(16)18(28)25-19)26-10-11(2)7-23-26/h3,7,9-10,12,21,24H,1,4-6,8H2,2H3,(H,25,28). The Morgan fingerprint density at radius 2 is 2.32 bits per heavy atom. The summed E-state index contributed by atoms with van der Waals surface area (Å²) in [5, 5.41) is 13.3. The van der Waals surface area contributed by atoms with Gasteiger partial charge in [-0.15, -0.1) is 0 Å². The van der Waals surface area contributed by atoms with Gasteiger partial charge < -0.3 is 10.6 Å². The van der Waals surface area contributed by atoms with Crippen LogP contribution < -0.4 is 16.0 Å². The largest absolute Gasteiger partial charge is 0.323 e. The zero-order valence-electron chi connectivity index (χ0n) is 15.5. The molecule has 0 aromatic carbocycles. The number of carbonyl (C=O) groups excluding carboxylic acids is 2. The van der Waals surface area contributed by atoms with E-state index in [2.05, 4.69) is 32.6 Å². The highest BCUT2D eigenvalue weighted by Gasteiger charge is 2.52. The van der Waals surface area contributed by atoms with Crippen molar-refractivity contribution in [3.05, 3.63) is 53.8 Å². The zero-order valence-corrected chi connectivity index (χ0v) is 15.5. The van der Waals surface area contributed by atoms with Crippen molar-refractivity contribution in [2.24, 2.45) is 0 Å². The van der Waals surface area contributed by atoms with Gasteiger partial charge in [0.1, 0.15) is 5.82 Å². The van der Waals surface area contributed by atoms with Gasteiger partial charge in [-0.2, -0.15) is 5.10 Å². The molecule has 2 unspecified atom stereocenters. The number of amides is 1. The minimum atomic E-state index is -1.72. The predicted octanol–water partition coefficient (Wildman–Crippen LogP) is 0.708. The van der Waals surface area contributed by atoms with Crippen LogP contribution in [0.5, 0.6) is 0 Å². The van der Waals surface area contributed by atoms with E-state index >= 15 is 0 Å². The molecule has 146 valence electrons. The molecule has 0 aliphatic carbocycles. The van der Waals surface area contributed by atoms with Gasteiger partial charge in [0.15, 0.2) is 17.3 Å². The Hall–Kier alpha value is -2.91. The third kappa shape index (κ3) is 2.83. The maximum atomic E-state index is 15.0. The number of nitrogens with zero attached hydrogens (tertiary/aromatic N) is 3. The predicted molar refractivity (Wildman–Crippen MR) is 99.4 cm³/mol. The first kappa shape index (κ1) is 18.5. The number of aryl methyl sites for hydroxylation is 1. The van der Waals surface area contributed by atoms with E-state index in [1.54, 1.807) is 12.4 Å². The summed E-state index contributed by atoms with van der Waals surface area (Å²) >= 11 is 0. The third-order valence-corrected chi connectivity index (χ3v) is 5.12. The van der Waals surface area contributed by atoms with Crippen molar-refractivity contribution in [3.8, 4) is 5.82 Å². The van der Waals surface area contributed by atoms with Crippen LogP contribution in [0, 0.1) is 12.7 Å². The van der Waals surface area contributed by atoms with Crippen LogP contribution in [-0.4, -0.2) is 45.6 Å². The SMILES string of the molecule is C=CC(=O)C1(NC2CCCNC2)NC(=O)c2c(-n3cc(C)cn3)ncc(F)c21. The van der Waals surface area contributed by atoms with E-state index in [1.165, 1.54) is 4.68 Å². The molecular weight excluding hydrogens is 363 g/mol. The number of hydrogen-bond donors (Lipinski definition) is 3. The molecule has 1 fully saturated rings. The highest BCUT2D eigenvalue weighted by atomic mass is 19.1. The fourth-order valence-electron chi connectivity index (χ4n) is 3.86. The summed E-state index contributed by atoms with van der Waals surface area (Å²) in [6, 6.07) is -0.119. The lowest BCUT2D eigenvalue weighted by Gasteiger charge is -2.35. The van der Waals surface area contributed by atoms with Crippen LogP contribution in [0.4, 0.5) is 4.39 Å². The number of halogens is 1. The molecule has 2 aromatic heterocycles. The molecule has 1 amide bonds. The topological polar surface area (TPSA) is 101 Å². The van der Waals surface area contributed by atoms with E-state index < -0.39 is 23.2 Å². The molecule has 8 nitrogen and oxygen atoms in total. The third-order valence-electron chi connectivity index (χ3n) is 5.12. The summed E-state index contributed by atoms with van der Waals surface area (Å²) in [6.45, 7) is 6.87. The lowest BCUT2D eigenvalue weighted by molar-refractivity contribution is -0.122. The van der Waals surface area contributed by atoms with Gasteiger partial charge in [-0.3, -0.25) is 14.9 Å². The van der Waals surface area contributed by atoms with Gasteiger partial charge >= 0.3 is 0 Å². The van der Waals surface area contributed by atoms with Gasteiger partial charge in [0, 0.05) is 18.8 Å². The van der Waals surface area contributed by atoms with Crippen LogP contribution in [0.1, 0.15) is 34.3 Å². The Morgan fingerprint density at radius 1 is 1.50 bits per heavy atom. The molecule has 0 spiro atoms. The zero-order chi connectivity index (χ0) is 19.9. The van der Waals surface area contributed by atoms with Crippen molar-refractivity contribution in [1.82, 2.24) is 30.7 Å². The first-order chi connectivity index (χ1) is 13.5. The molecular formula is C19H21FN6O2. The van der Waals surface area contributed by atoms with Crippen LogP contribution in [0.2, 0.25) is 0 Å². The van der Waals surface area contributed by atoms with Crippen molar-refractivity contribution in [3.63, 3.8) is 0 Å². The quantitative estimate of drug-likeness (QED) is 0.657. The van der Waals surface area contributed by atoms with E-state index in [9.17, 15) is 14.0 Å². The lowest BCUT2D eigenvalue weighted by Crippen LogP contribution is -2.62. The fourth-order valence-corrected chi connectivity index (χ4v) is 3.86. The van der Waals surface area contributed by atoms with Crippen molar-refractivity contribution < 1.29 is 14.0 Å². The number of fused-ring (bicyclic) bond motifs is 1. The average molecular weight is 384 g/mol. The Labute approximate surface area is 161 Å². The summed E-state index contributed by atoms with van der Waals surface area (Å²) < 4.78 is 16.4. The van der Waals surface area contributed by atoms with Gasteiger partial charge in [0.25, 0.3) is 5.91 Å². The Morgan fingerprint density at radius 3 is 2.96 bits per heavy atom. The number of carbonyl (C=O) groups is 2. The van der Waals surface area contributed by atoms with Crippen LogP contribution in [0.3, 0.4) is 0 Å². The molecule has 0 bridgehead atoms. The molecule has 28 heavy (non-hydrogen) atoms. The normalized spacial score (nSPS) is 23.9. The van der Waals surface area contributed by atoms with Crippen LogP contribution >= 0.6 is 0 Å². The first-order valence-corrected chi connectivity index (χ1v) is 9.14. The highest BCUT2D eigenvalue weighted by molar-refractivity contribution is 6.11. The molecule has 1 saturated heterocycles. The summed E-state index contributed by atoms with van der Waals surface area (Å²) in [7, 11) is 0. The summed E-state index contributed by atoms with van der Waals surface area (Å²) in [5.74, 6) is -1.69. The van der Waals surface area contributed by atoms with Crippen LogP contribution in [-0.2, 0) is 10.5 Å². The molecule has 2 aliphatic rings. The van der Waals surface area contributed by atoms with E-state index in [1.807, 2.05) is 6.92 Å². The average Bonchev–Trinajstić information content (AvgIpc) is 3.25. The Bertz CT molecular complexity index is 965. The first-order valence-electron chi connectivity index (χ1n) is 9.14. The van der Waals surface area contributed by atoms with Crippen LogP contribution in [0.25, 0.3) is 5.82 Å². The molecule has 4 heterocycles. The Kier molecular flexibility index (Phi) is 4.56. The molecule has 2 aromatic rings. The number of hydrogen-bond acceptors (Lipinski definition) is 6. The number of piperidine rings is 1. The van der Waals surface area contributed by atoms with Gasteiger partial charge in [-0.1, -0.05) is 6.58 Å². The molecule has 2 atom stereocenters. The van der Waals surface area contributed by atoms with E-state index in [4.69, 9.17) is 0 Å². The lowest BCUT2D eigenvalue weighted by atomic mass is 9.92. The van der Waals surface area contributed by atoms with Gasteiger partial charge in [0.05, 0.1) is 23.5 Å². The smallest absolute Gasteiger partial charge is 0.257 e. The maximum Gasteiger partial charge on any atom is 0.257 e. The number of ketones is 1. The van der Waals surface area contributed by atoms with Crippen molar-refractivity contribution in [1.29, 1.82) is 0 Å². The highest BCUT2D eigenvalue weighted by Crippen LogP contribution is 2.36. The van der Waals surface area contributed by atoms with E-state index in [-0.39, 0.29) is 23.0 Å². The molecule has 4 rings (SSSR count). The molecule has 3 N–H and O–H groups in total. The number of rotatable bonds is 5.